The molecule has 0 aliphatic rings. The predicted octanol–water partition coefficient (Wildman–Crippen LogP) is 3.78. The third-order valence-corrected chi connectivity index (χ3v) is 4.23. The molecule has 0 unspecified atom stereocenters. The first-order valence-electron chi connectivity index (χ1n) is 7.24. The van der Waals surface area contributed by atoms with Gasteiger partial charge in [-0.2, -0.15) is 0 Å². The highest BCUT2D eigenvalue weighted by Crippen LogP contribution is 2.22. The molecule has 0 radical (unpaired) electrons. The highest BCUT2D eigenvalue weighted by molar-refractivity contribution is 6.33. The number of carbonyl (C=O) groups excluding carboxylic acids is 1. The first-order chi connectivity index (χ1) is 10.9. The van der Waals surface area contributed by atoms with Crippen molar-refractivity contribution in [1.29, 1.82) is 0 Å². The van der Waals surface area contributed by atoms with E-state index in [0.29, 0.717) is 10.7 Å². The minimum absolute atomic E-state index is 0.0214. The SMILES string of the molecule is C[C@H]([NH2+][C@H](C)C(=O)Nc1ccc(F)cc1Cl)c1ccccc1Cl. The van der Waals surface area contributed by atoms with Crippen LogP contribution < -0.4 is 10.6 Å². The molecule has 0 aliphatic heterocycles. The van der Waals surface area contributed by atoms with Gasteiger partial charge in [0.1, 0.15) is 11.9 Å². The van der Waals surface area contributed by atoms with E-state index >= 15 is 0 Å². The van der Waals surface area contributed by atoms with Crippen LogP contribution in [0, 0.1) is 5.82 Å². The van der Waals surface area contributed by atoms with Gasteiger partial charge in [0.25, 0.3) is 5.91 Å². The summed E-state index contributed by atoms with van der Waals surface area (Å²) in [5.74, 6) is -0.655. The minimum atomic E-state index is -0.444. The first-order valence-corrected chi connectivity index (χ1v) is 7.99. The van der Waals surface area contributed by atoms with Crippen molar-refractivity contribution in [3.63, 3.8) is 0 Å². The second kappa shape index (κ2) is 7.77. The van der Waals surface area contributed by atoms with Crippen LogP contribution in [0.4, 0.5) is 10.1 Å². The van der Waals surface area contributed by atoms with E-state index < -0.39 is 5.82 Å². The van der Waals surface area contributed by atoms with E-state index in [0.717, 1.165) is 11.6 Å². The summed E-state index contributed by atoms with van der Waals surface area (Å²) in [6.45, 7) is 3.77. The van der Waals surface area contributed by atoms with Gasteiger partial charge in [-0.1, -0.05) is 41.4 Å². The van der Waals surface area contributed by atoms with Crippen molar-refractivity contribution in [1.82, 2.24) is 0 Å². The zero-order chi connectivity index (χ0) is 17.0. The van der Waals surface area contributed by atoms with Crippen molar-refractivity contribution in [2.45, 2.75) is 25.9 Å². The predicted molar refractivity (Wildman–Crippen MR) is 91.3 cm³/mol. The molecular weight excluding hydrogens is 338 g/mol. The lowest BCUT2D eigenvalue weighted by Crippen LogP contribution is -2.91. The monoisotopic (exact) mass is 355 g/mol. The number of quaternary nitrogens is 1. The van der Waals surface area contributed by atoms with E-state index in [1.54, 1.807) is 6.92 Å². The van der Waals surface area contributed by atoms with Gasteiger partial charge < -0.3 is 10.6 Å². The van der Waals surface area contributed by atoms with Crippen molar-refractivity contribution in [2.24, 2.45) is 0 Å². The van der Waals surface area contributed by atoms with Crippen LogP contribution in [0.1, 0.15) is 25.5 Å². The number of hydrogen-bond acceptors (Lipinski definition) is 1. The molecule has 0 saturated carbocycles. The number of nitrogens with one attached hydrogen (secondary N) is 1. The molecule has 2 aromatic rings. The molecule has 122 valence electrons. The lowest BCUT2D eigenvalue weighted by molar-refractivity contribution is -0.709. The van der Waals surface area contributed by atoms with E-state index in [4.69, 9.17) is 23.2 Å². The van der Waals surface area contributed by atoms with Gasteiger partial charge in [-0.15, -0.1) is 0 Å². The van der Waals surface area contributed by atoms with Crippen LogP contribution in [0.5, 0.6) is 0 Å². The molecule has 0 spiro atoms. The molecule has 3 N–H and O–H groups in total. The maximum atomic E-state index is 13.0. The Labute approximate surface area is 144 Å². The van der Waals surface area contributed by atoms with Crippen LogP contribution in [0.25, 0.3) is 0 Å². The Morgan fingerprint density at radius 1 is 1.13 bits per heavy atom. The maximum Gasteiger partial charge on any atom is 0.282 e. The third kappa shape index (κ3) is 4.67. The molecule has 6 heteroatoms. The quantitative estimate of drug-likeness (QED) is 0.841. The summed E-state index contributed by atoms with van der Waals surface area (Å²) >= 11 is 12.1. The second-order valence-corrected chi connectivity index (χ2v) is 6.22. The van der Waals surface area contributed by atoms with Gasteiger partial charge in [-0.25, -0.2) is 4.39 Å². The Bertz CT molecular complexity index is 709. The standard InChI is InChI=1S/C17H17Cl2FN2O/c1-10(13-5-3-4-6-14(13)18)21-11(2)17(23)22-16-8-7-12(20)9-15(16)19/h3-11,21H,1-2H3,(H,22,23)/p+1/t10-,11+/m0/s1. The highest BCUT2D eigenvalue weighted by Gasteiger charge is 2.22. The lowest BCUT2D eigenvalue weighted by Gasteiger charge is -2.18. The zero-order valence-electron chi connectivity index (χ0n) is 12.8. The second-order valence-electron chi connectivity index (χ2n) is 5.40. The number of nitrogens with two attached hydrogens (primary N) is 1. The summed E-state index contributed by atoms with van der Waals surface area (Å²) in [5.41, 5.74) is 1.36. The highest BCUT2D eigenvalue weighted by atomic mass is 35.5. The Kier molecular flexibility index (Phi) is 5.99. The van der Waals surface area contributed by atoms with Crippen molar-refractivity contribution < 1.29 is 14.5 Å². The average molecular weight is 356 g/mol. The number of amides is 1. The van der Waals surface area contributed by atoms with E-state index in [-0.39, 0.29) is 23.0 Å². The smallest absolute Gasteiger partial charge is 0.282 e. The zero-order valence-corrected chi connectivity index (χ0v) is 14.3. The van der Waals surface area contributed by atoms with Crippen LogP contribution in [0.15, 0.2) is 42.5 Å². The molecular formula is C17H18Cl2FN2O+. The average Bonchev–Trinajstić information content (AvgIpc) is 2.50. The topological polar surface area (TPSA) is 45.7 Å². The molecule has 0 bridgehead atoms. The van der Waals surface area contributed by atoms with Gasteiger partial charge in [0.2, 0.25) is 0 Å². The van der Waals surface area contributed by atoms with E-state index in [2.05, 4.69) is 5.32 Å². The van der Waals surface area contributed by atoms with E-state index in [9.17, 15) is 9.18 Å². The van der Waals surface area contributed by atoms with Crippen LogP contribution >= 0.6 is 23.2 Å². The van der Waals surface area contributed by atoms with Crippen molar-refractivity contribution in [3.8, 4) is 0 Å². The van der Waals surface area contributed by atoms with Crippen LogP contribution in [0.3, 0.4) is 0 Å². The number of rotatable bonds is 5. The minimum Gasteiger partial charge on any atom is -0.330 e. The van der Waals surface area contributed by atoms with Gasteiger partial charge >= 0.3 is 0 Å². The molecule has 2 rings (SSSR count). The normalized spacial score (nSPS) is 13.4. The fourth-order valence-corrected chi connectivity index (χ4v) is 2.83. The molecule has 3 nitrogen and oxygen atoms in total. The summed E-state index contributed by atoms with van der Waals surface area (Å²) in [6, 6.07) is 11.1. The number of carbonyl (C=O) groups is 1. The molecule has 0 saturated heterocycles. The lowest BCUT2D eigenvalue weighted by atomic mass is 10.1. The summed E-state index contributed by atoms with van der Waals surface area (Å²) in [6.07, 6.45) is 0. The first kappa shape index (κ1) is 17.7. The van der Waals surface area contributed by atoms with Crippen molar-refractivity contribution in [3.05, 3.63) is 63.9 Å². The van der Waals surface area contributed by atoms with Gasteiger partial charge in [-0.3, -0.25) is 4.79 Å². The summed E-state index contributed by atoms with van der Waals surface area (Å²) < 4.78 is 13.0. The summed E-state index contributed by atoms with van der Waals surface area (Å²) in [4.78, 5) is 12.3. The van der Waals surface area contributed by atoms with Gasteiger partial charge in [0.15, 0.2) is 6.04 Å². The van der Waals surface area contributed by atoms with Crippen molar-refractivity contribution in [2.75, 3.05) is 5.32 Å². The molecule has 2 aromatic carbocycles. The van der Waals surface area contributed by atoms with Crippen LogP contribution in [0.2, 0.25) is 10.0 Å². The van der Waals surface area contributed by atoms with E-state index in [1.807, 2.05) is 36.5 Å². The summed E-state index contributed by atoms with van der Waals surface area (Å²) in [7, 11) is 0. The molecule has 0 heterocycles. The Balaban J connectivity index is 2.01. The molecule has 0 aromatic heterocycles. The van der Waals surface area contributed by atoms with Gasteiger partial charge in [0, 0.05) is 10.6 Å². The number of benzene rings is 2. The maximum absolute atomic E-state index is 13.0. The van der Waals surface area contributed by atoms with Gasteiger partial charge in [0.05, 0.1) is 10.7 Å². The molecule has 1 amide bonds. The van der Waals surface area contributed by atoms with Crippen LogP contribution in [-0.4, -0.2) is 11.9 Å². The largest absolute Gasteiger partial charge is 0.330 e. The third-order valence-electron chi connectivity index (χ3n) is 3.58. The Morgan fingerprint density at radius 2 is 1.83 bits per heavy atom. The molecule has 0 fully saturated rings. The Morgan fingerprint density at radius 3 is 2.48 bits per heavy atom. The summed E-state index contributed by atoms with van der Waals surface area (Å²) in [5, 5.41) is 5.46. The number of halogens is 3. The van der Waals surface area contributed by atoms with E-state index in [1.165, 1.54) is 12.1 Å². The molecule has 2 atom stereocenters. The molecule has 23 heavy (non-hydrogen) atoms. The Hall–Kier alpha value is -1.62. The van der Waals surface area contributed by atoms with Crippen molar-refractivity contribution >= 4 is 34.8 Å². The molecule has 0 aliphatic carbocycles. The number of hydrogen-bond donors (Lipinski definition) is 2. The number of anilines is 1. The fourth-order valence-electron chi connectivity index (χ4n) is 2.31. The fraction of sp³-hybridized carbons (Fsp3) is 0.235. The van der Waals surface area contributed by atoms with Gasteiger partial charge in [-0.05, 0) is 38.1 Å². The van der Waals surface area contributed by atoms with Crippen LogP contribution in [-0.2, 0) is 4.79 Å².